The summed E-state index contributed by atoms with van der Waals surface area (Å²) in [6, 6.07) is 17.9. The van der Waals surface area contributed by atoms with Crippen LogP contribution in [0.15, 0.2) is 60.7 Å². The summed E-state index contributed by atoms with van der Waals surface area (Å²) in [5.41, 5.74) is 2.57. The van der Waals surface area contributed by atoms with Gasteiger partial charge in [-0.05, 0) is 47.5 Å². The Labute approximate surface area is 212 Å². The number of carbonyl (C=O) groups excluding carboxylic acids is 2. The zero-order chi connectivity index (χ0) is 25.4. The molecule has 5 rings (SSSR count). The van der Waals surface area contributed by atoms with Crippen molar-refractivity contribution in [3.8, 4) is 17.2 Å². The van der Waals surface area contributed by atoms with Gasteiger partial charge >= 0.3 is 0 Å². The van der Waals surface area contributed by atoms with Crippen molar-refractivity contribution in [3.63, 3.8) is 0 Å². The number of methoxy groups -OCH3 is 3. The van der Waals surface area contributed by atoms with E-state index in [0.717, 1.165) is 15.8 Å². The van der Waals surface area contributed by atoms with E-state index in [1.165, 1.54) is 25.6 Å². The molecule has 36 heavy (non-hydrogen) atoms. The molecular formula is C27H25N3O5S. The number of aromatic nitrogens is 1. The van der Waals surface area contributed by atoms with Gasteiger partial charge in [-0.25, -0.2) is 4.98 Å². The summed E-state index contributed by atoms with van der Waals surface area (Å²) in [6.45, 7) is 0. The Morgan fingerprint density at radius 2 is 1.67 bits per heavy atom. The zero-order valence-corrected chi connectivity index (χ0v) is 21.1. The first kappa shape index (κ1) is 23.6. The summed E-state index contributed by atoms with van der Waals surface area (Å²) in [7, 11) is 6.33. The highest BCUT2D eigenvalue weighted by molar-refractivity contribution is 7.22. The molecule has 3 aromatic carbocycles. The molecular weight excluding hydrogens is 478 g/mol. The van der Waals surface area contributed by atoms with Gasteiger partial charge < -0.3 is 24.4 Å². The first-order valence-electron chi connectivity index (χ1n) is 11.3. The van der Waals surface area contributed by atoms with Crippen LogP contribution in [0.1, 0.15) is 33.4 Å². The number of anilines is 1. The summed E-state index contributed by atoms with van der Waals surface area (Å²) in [5, 5.41) is 3.50. The molecule has 9 heteroatoms. The lowest BCUT2D eigenvalue weighted by atomic mass is 9.79. The van der Waals surface area contributed by atoms with Crippen molar-refractivity contribution in [2.24, 2.45) is 0 Å². The number of fused-ring (bicyclic) bond motifs is 2. The molecule has 0 aliphatic carbocycles. The van der Waals surface area contributed by atoms with Crippen LogP contribution < -0.4 is 19.5 Å². The topological polar surface area (TPSA) is 90.0 Å². The van der Waals surface area contributed by atoms with Gasteiger partial charge in [0, 0.05) is 12.6 Å². The fourth-order valence-corrected chi connectivity index (χ4v) is 5.53. The van der Waals surface area contributed by atoms with E-state index in [1.807, 2.05) is 48.5 Å². The van der Waals surface area contributed by atoms with Crippen molar-refractivity contribution >= 4 is 38.5 Å². The van der Waals surface area contributed by atoms with E-state index in [9.17, 15) is 9.59 Å². The van der Waals surface area contributed by atoms with Gasteiger partial charge in [0.15, 0.2) is 16.6 Å². The maximum atomic E-state index is 13.9. The highest BCUT2D eigenvalue weighted by Crippen LogP contribution is 2.46. The molecule has 1 aliphatic rings. The van der Waals surface area contributed by atoms with Crippen LogP contribution in [-0.4, -0.2) is 50.1 Å². The van der Waals surface area contributed by atoms with Crippen molar-refractivity contribution in [2.75, 3.05) is 33.7 Å². The number of hydrogen-bond acceptors (Lipinski definition) is 7. The molecule has 0 saturated carbocycles. The predicted octanol–water partition coefficient (Wildman–Crippen LogP) is 4.87. The summed E-state index contributed by atoms with van der Waals surface area (Å²) in [6.07, 6.45) is 0. The van der Waals surface area contributed by atoms with E-state index in [1.54, 1.807) is 31.2 Å². The van der Waals surface area contributed by atoms with Gasteiger partial charge in [0.2, 0.25) is 5.91 Å². The van der Waals surface area contributed by atoms with Crippen LogP contribution in [0, 0.1) is 0 Å². The van der Waals surface area contributed by atoms with Crippen molar-refractivity contribution in [1.29, 1.82) is 0 Å². The van der Waals surface area contributed by atoms with E-state index in [2.05, 4.69) is 10.3 Å². The molecule has 1 aromatic heterocycles. The number of amides is 2. The number of benzene rings is 3. The van der Waals surface area contributed by atoms with Crippen LogP contribution in [0.3, 0.4) is 0 Å². The Bertz CT molecular complexity index is 1420. The second-order valence-electron chi connectivity index (χ2n) is 8.38. The number of nitrogens with one attached hydrogen (secondary N) is 1. The van der Waals surface area contributed by atoms with Crippen molar-refractivity contribution in [2.45, 2.75) is 12.0 Å². The number of carbonyl (C=O) groups is 2. The van der Waals surface area contributed by atoms with E-state index in [4.69, 9.17) is 14.2 Å². The van der Waals surface area contributed by atoms with Crippen LogP contribution in [0.4, 0.5) is 5.13 Å². The Morgan fingerprint density at radius 3 is 2.33 bits per heavy atom. The lowest BCUT2D eigenvalue weighted by Crippen LogP contribution is -2.44. The second-order valence-corrected chi connectivity index (χ2v) is 9.41. The molecule has 0 bridgehead atoms. The Hall–Kier alpha value is -4.11. The molecule has 4 aromatic rings. The van der Waals surface area contributed by atoms with Gasteiger partial charge in [0.1, 0.15) is 5.75 Å². The zero-order valence-electron chi connectivity index (χ0n) is 20.3. The minimum atomic E-state index is -0.733. The standard InChI is InChI=1S/C27H25N3O5S/c1-30-24(15-9-11-16(33-2)12-10-15)23(17-13-20(34-3)21(35-4)14-18(17)26(30)32)25(31)29-27-28-19-7-5-6-8-22(19)36-27/h5-14,23-24H,1-4H3,(H,28,29,31)/t23-,24-/m0/s1. The molecule has 0 radical (unpaired) electrons. The number of nitrogens with zero attached hydrogens (tertiary/aromatic N) is 2. The Morgan fingerprint density at radius 1 is 0.972 bits per heavy atom. The minimum Gasteiger partial charge on any atom is -0.497 e. The van der Waals surface area contributed by atoms with E-state index < -0.39 is 12.0 Å². The monoisotopic (exact) mass is 503 g/mol. The Balaban J connectivity index is 1.64. The third kappa shape index (κ3) is 4.01. The summed E-state index contributed by atoms with van der Waals surface area (Å²) >= 11 is 1.40. The minimum absolute atomic E-state index is 0.212. The van der Waals surface area contributed by atoms with Crippen LogP contribution in [0.2, 0.25) is 0 Å². The van der Waals surface area contributed by atoms with E-state index >= 15 is 0 Å². The lowest BCUT2D eigenvalue weighted by Gasteiger charge is -2.40. The second kappa shape index (κ2) is 9.50. The quantitative estimate of drug-likeness (QED) is 0.404. The number of likely N-dealkylation sites (N-methyl/N-ethyl adjacent to an activating group) is 1. The fourth-order valence-electron chi connectivity index (χ4n) is 4.66. The van der Waals surface area contributed by atoms with Crippen molar-refractivity contribution < 1.29 is 23.8 Å². The number of para-hydroxylation sites is 1. The van der Waals surface area contributed by atoms with Crippen LogP contribution in [0.5, 0.6) is 17.2 Å². The number of ether oxygens (including phenoxy) is 3. The van der Waals surface area contributed by atoms with E-state index in [0.29, 0.717) is 33.5 Å². The average molecular weight is 504 g/mol. The molecule has 1 N–H and O–H groups in total. The first-order valence-corrected chi connectivity index (χ1v) is 12.1. The maximum Gasteiger partial charge on any atom is 0.254 e. The van der Waals surface area contributed by atoms with Gasteiger partial charge in [0.05, 0.1) is 43.5 Å². The number of thiazole rings is 1. The van der Waals surface area contributed by atoms with Gasteiger partial charge in [-0.3, -0.25) is 9.59 Å². The highest BCUT2D eigenvalue weighted by atomic mass is 32.1. The fraction of sp³-hybridized carbons (Fsp3) is 0.222. The summed E-state index contributed by atoms with van der Waals surface area (Å²) < 4.78 is 17.2. The molecule has 0 fully saturated rings. The van der Waals surface area contributed by atoms with Crippen molar-refractivity contribution in [3.05, 3.63) is 77.4 Å². The van der Waals surface area contributed by atoms with Crippen LogP contribution in [0.25, 0.3) is 10.2 Å². The van der Waals surface area contributed by atoms with Gasteiger partial charge in [0.25, 0.3) is 5.91 Å². The van der Waals surface area contributed by atoms with Gasteiger partial charge in [-0.15, -0.1) is 0 Å². The summed E-state index contributed by atoms with van der Waals surface area (Å²) in [5.74, 6) is 0.332. The third-order valence-corrected chi connectivity index (χ3v) is 7.39. The Kier molecular flexibility index (Phi) is 6.24. The first-order chi connectivity index (χ1) is 17.4. The van der Waals surface area contributed by atoms with Crippen LogP contribution >= 0.6 is 11.3 Å². The summed E-state index contributed by atoms with van der Waals surface area (Å²) in [4.78, 5) is 33.6. The molecule has 0 unspecified atom stereocenters. The third-order valence-electron chi connectivity index (χ3n) is 6.44. The van der Waals surface area contributed by atoms with Crippen molar-refractivity contribution in [1.82, 2.24) is 9.88 Å². The molecule has 8 nitrogen and oxygen atoms in total. The molecule has 1 aliphatic heterocycles. The SMILES string of the molecule is COc1ccc([C@H]2[C@@H](C(=O)Nc3nc4ccccc4s3)c3cc(OC)c(OC)cc3C(=O)N2C)cc1. The normalized spacial score (nSPS) is 17.0. The largest absolute Gasteiger partial charge is 0.497 e. The average Bonchev–Trinajstić information content (AvgIpc) is 3.32. The predicted molar refractivity (Wildman–Crippen MR) is 138 cm³/mol. The number of hydrogen-bond donors (Lipinski definition) is 1. The van der Waals surface area contributed by atoms with E-state index in [-0.39, 0.29) is 11.8 Å². The molecule has 2 heterocycles. The maximum absolute atomic E-state index is 13.9. The molecule has 184 valence electrons. The molecule has 2 amide bonds. The van der Waals surface area contributed by atoms with Gasteiger partial charge in [-0.2, -0.15) is 0 Å². The molecule has 0 spiro atoms. The van der Waals surface area contributed by atoms with Crippen LogP contribution in [-0.2, 0) is 4.79 Å². The lowest BCUT2D eigenvalue weighted by molar-refractivity contribution is -0.119. The molecule has 2 atom stereocenters. The number of rotatable bonds is 6. The molecule has 0 saturated heterocycles. The highest BCUT2D eigenvalue weighted by Gasteiger charge is 2.43. The van der Waals surface area contributed by atoms with Gasteiger partial charge in [-0.1, -0.05) is 35.6 Å². The smallest absolute Gasteiger partial charge is 0.254 e.